The second kappa shape index (κ2) is 46.8. The average Bonchev–Trinajstić information content (AvgIpc) is 1.65. The number of phenols is 1. The molecule has 39 heteroatoms. The number of para-hydroxylation sites is 1. The van der Waals surface area contributed by atoms with Gasteiger partial charge in [0.2, 0.25) is 76.8 Å². The number of primary amides is 1. The second-order valence-corrected chi connectivity index (χ2v) is 30.7. The second-order valence-electron chi connectivity index (χ2n) is 28.1. The summed E-state index contributed by atoms with van der Waals surface area (Å²) in [5.74, 6) is -13.8. The Morgan fingerprint density at radius 1 is 0.569 bits per heavy atom. The number of phenolic OH excluding ortho intramolecular Hbond substituents is 1. The number of hydrogen-bond donors (Lipinski definition) is 23. The number of imidazole rings is 1. The number of hydrogen-bond acceptors (Lipinski definition) is 20. The van der Waals surface area contributed by atoms with E-state index < -0.39 is 186 Å². The summed E-state index contributed by atoms with van der Waals surface area (Å²) >= 11 is 0. The number of guanidine groups is 2. The molecule has 0 aliphatic carbocycles. The predicted octanol–water partition coefficient (Wildman–Crippen LogP) is -2.23. The number of fused-ring (bicyclic) bond motifs is 1. The Morgan fingerprint density at radius 3 is 1.79 bits per heavy atom. The molecule has 13 amide bonds. The van der Waals surface area contributed by atoms with Crippen LogP contribution in [-0.4, -0.2) is 213 Å². The number of aromatic hydroxyl groups is 1. The topological polar surface area (TPSA) is 607 Å². The first-order chi connectivity index (χ1) is 55.5. The third-order valence-corrected chi connectivity index (χ3v) is 21.0. The number of carbonyl (C=O) groups is 13. The third-order valence-electron chi connectivity index (χ3n) is 18.6. The minimum atomic E-state index is -1.71. The van der Waals surface area contributed by atoms with E-state index in [9.17, 15) is 48.3 Å². The Balaban J connectivity index is 1.31. The number of nitrogens with zero attached hydrogens (tertiary/aromatic N) is 1. The Morgan fingerprint density at radius 2 is 1.15 bits per heavy atom. The van der Waals surface area contributed by atoms with Gasteiger partial charge in [-0.3, -0.25) is 73.1 Å². The van der Waals surface area contributed by atoms with Crippen molar-refractivity contribution in [1.82, 2.24) is 89.4 Å². The monoisotopic (exact) mass is 1640 g/mol. The maximum Gasteiger partial charge on any atom is 0.244 e. The number of aromatic amines is 2. The molecule has 1 saturated heterocycles. The number of unbranched alkanes of at least 4 members (excludes halogenated alkanes) is 1. The summed E-state index contributed by atoms with van der Waals surface area (Å²) in [7, 11) is 1.76. The van der Waals surface area contributed by atoms with Gasteiger partial charge in [0.25, 0.3) is 0 Å². The molecule has 0 bridgehead atoms. The van der Waals surface area contributed by atoms with Crippen LogP contribution in [0.3, 0.4) is 0 Å². The molecule has 0 spiro atoms. The smallest absolute Gasteiger partial charge is 0.244 e. The summed E-state index contributed by atoms with van der Waals surface area (Å²) < 4.78 is 0. The van der Waals surface area contributed by atoms with Crippen molar-refractivity contribution < 1.29 is 67.4 Å². The lowest BCUT2D eigenvalue weighted by atomic mass is 10.00. The SMILES string of the molecule is CCCC[C@H](NC(=O)[C@@H](NC(=O)[C@@H](N)Cc1ccc(O)cc1)C(C)C)C(=O)N[C@@H]1CSSC[C@H](C(=O)N[C@@H](CCCNC(=N)N)C(=O)N[C@@H](Cc2ccccc2)C(=O)NCC(N)=O)NC(=O)[C@H](Cc2c[nH]c3ccccc23)NC(=O)[C@H](CCCNC(=N)N)NC(=O)[C@@H](Cc2ccccc2)NC(=O)[C@H](Cc2cnc[nH]2)NC(=O)CNC1=O. The molecule has 624 valence electrons. The number of nitrogens with one attached hydrogen (secondary N) is 18. The molecule has 1 aliphatic rings. The Bertz CT molecular complexity index is 4330. The molecule has 6 aromatic rings. The lowest BCUT2D eigenvalue weighted by Crippen LogP contribution is -2.61. The third kappa shape index (κ3) is 30.6. The summed E-state index contributed by atoms with van der Waals surface area (Å²) in [6.07, 6.45) is 4.22. The van der Waals surface area contributed by atoms with Crippen LogP contribution in [0.15, 0.2) is 128 Å². The molecule has 27 N–H and O–H groups in total. The Kier molecular flexibility index (Phi) is 36.7. The highest BCUT2D eigenvalue weighted by atomic mass is 33.1. The van der Waals surface area contributed by atoms with Crippen LogP contribution in [0.4, 0.5) is 0 Å². The van der Waals surface area contributed by atoms with Crippen LogP contribution in [-0.2, 0) is 94.4 Å². The average molecular weight is 1640 g/mol. The number of nitrogens with two attached hydrogens (primary N) is 4. The molecular formula is C77H105N23O14S2. The number of benzene rings is 4. The molecule has 1 aliphatic heterocycles. The van der Waals surface area contributed by atoms with Gasteiger partial charge in [-0.1, -0.05) is 146 Å². The molecule has 4 aromatic carbocycles. The van der Waals surface area contributed by atoms with Crippen LogP contribution in [0.5, 0.6) is 5.75 Å². The largest absolute Gasteiger partial charge is 0.508 e. The van der Waals surface area contributed by atoms with E-state index in [1.165, 1.54) is 24.7 Å². The van der Waals surface area contributed by atoms with Crippen molar-refractivity contribution in [2.75, 3.05) is 37.7 Å². The van der Waals surface area contributed by atoms with Crippen LogP contribution in [0.25, 0.3) is 10.9 Å². The molecule has 116 heavy (non-hydrogen) atoms. The fraction of sp³-hybridized carbons (Fsp3) is 0.429. The highest BCUT2D eigenvalue weighted by molar-refractivity contribution is 8.76. The summed E-state index contributed by atoms with van der Waals surface area (Å²) in [5, 5.41) is 63.6. The first-order valence-electron chi connectivity index (χ1n) is 37.9. The minimum Gasteiger partial charge on any atom is -0.508 e. The predicted molar refractivity (Wildman–Crippen MR) is 436 cm³/mol. The normalized spacial score (nSPS) is 18.7. The Labute approximate surface area is 677 Å². The zero-order valence-corrected chi connectivity index (χ0v) is 66.2. The number of amides is 13. The van der Waals surface area contributed by atoms with Gasteiger partial charge in [0.15, 0.2) is 11.9 Å². The van der Waals surface area contributed by atoms with Gasteiger partial charge in [0, 0.05) is 79.3 Å². The molecule has 11 atom stereocenters. The van der Waals surface area contributed by atoms with Gasteiger partial charge < -0.3 is 112 Å². The summed E-state index contributed by atoms with van der Waals surface area (Å²) in [6.45, 7) is 3.77. The molecule has 7 rings (SSSR count). The molecule has 37 nitrogen and oxygen atoms in total. The van der Waals surface area contributed by atoms with Gasteiger partial charge in [-0.15, -0.1) is 0 Å². The van der Waals surface area contributed by atoms with Crippen molar-refractivity contribution in [3.63, 3.8) is 0 Å². The van der Waals surface area contributed by atoms with E-state index in [1.807, 2.05) is 6.92 Å². The van der Waals surface area contributed by atoms with E-state index in [-0.39, 0.29) is 83.0 Å². The first kappa shape index (κ1) is 90.9. The maximum atomic E-state index is 15.6. The van der Waals surface area contributed by atoms with Crippen molar-refractivity contribution >= 4 is 121 Å². The first-order valence-corrected chi connectivity index (χ1v) is 40.4. The zero-order valence-electron chi connectivity index (χ0n) is 64.6. The fourth-order valence-corrected chi connectivity index (χ4v) is 14.6. The molecular weight excluding hydrogens is 1540 g/mol. The molecule has 3 heterocycles. The van der Waals surface area contributed by atoms with E-state index in [4.69, 9.17) is 33.8 Å². The van der Waals surface area contributed by atoms with Gasteiger partial charge in [0.1, 0.15) is 66.2 Å². The number of rotatable bonds is 35. The van der Waals surface area contributed by atoms with E-state index >= 15 is 19.2 Å². The van der Waals surface area contributed by atoms with Crippen molar-refractivity contribution in [2.45, 2.75) is 164 Å². The van der Waals surface area contributed by atoms with E-state index in [0.717, 1.165) is 21.6 Å². The van der Waals surface area contributed by atoms with Crippen LogP contribution in [0, 0.1) is 16.7 Å². The van der Waals surface area contributed by atoms with Gasteiger partial charge in [-0.05, 0) is 84.9 Å². The fourth-order valence-electron chi connectivity index (χ4n) is 12.3. The van der Waals surface area contributed by atoms with Crippen LogP contribution >= 0.6 is 21.6 Å². The van der Waals surface area contributed by atoms with Gasteiger partial charge in [-0.25, -0.2) is 4.98 Å². The van der Waals surface area contributed by atoms with Crippen molar-refractivity contribution in [3.05, 3.63) is 156 Å². The standard InChI is InChI=1S/C77H105N23O14S2/c1-4-5-21-53(94-75(114)64(43(2)3)100-65(104)51(78)31-46-25-27-49(101)28-26-46)70(109)98-60-40-115-116-41-61(74(113)93-55(24-15-30-86-77(82)83)68(107)95-56(66(105)88-38-62(79)102)32-44-16-8-6-9-17-44)99-72(111)58(34-47-36-87-52-22-13-12-20-50(47)52)97-69(108)54(23-14-29-85-76(80)81)92-71(110)57(33-45-18-10-7-11-19-45)96-73(112)59(35-48-37-84-42-90-48)91-63(103)39-89-67(60)106/h6-13,16-20,22,25-28,36-37,42-43,51,53-61,64,87,101H,4-5,14-15,21,23-24,29-35,38-41,78H2,1-3H3,(H2,79,102)(H,84,90)(H,88,105)(H,89,106)(H,91,103)(H,92,110)(H,93,113)(H,94,114)(H,95,107)(H,96,112)(H,97,108)(H,98,109)(H,99,111)(H,100,104)(H4,80,81,85)(H4,82,83,86)/t51-,53-,54-,55-,56-,57+,58-,59-,60+,61+,64-/m0/s1. The molecule has 2 aromatic heterocycles. The molecule has 0 unspecified atom stereocenters. The summed E-state index contributed by atoms with van der Waals surface area (Å²) in [5.41, 5.74) is 26.2. The van der Waals surface area contributed by atoms with Gasteiger partial charge in [-0.2, -0.15) is 0 Å². The molecule has 0 radical (unpaired) electrons. The van der Waals surface area contributed by atoms with Gasteiger partial charge in [0.05, 0.1) is 25.5 Å². The van der Waals surface area contributed by atoms with Crippen LogP contribution in [0.2, 0.25) is 0 Å². The Hall–Kier alpha value is -12.3. The van der Waals surface area contributed by atoms with E-state index in [1.54, 1.807) is 117 Å². The van der Waals surface area contributed by atoms with Crippen LogP contribution in [0.1, 0.15) is 93.7 Å². The van der Waals surface area contributed by atoms with Crippen molar-refractivity contribution in [3.8, 4) is 5.75 Å². The lowest BCUT2D eigenvalue weighted by molar-refractivity contribution is -0.135. The van der Waals surface area contributed by atoms with Gasteiger partial charge >= 0.3 is 0 Å². The number of H-pyrrole nitrogens is 2. The van der Waals surface area contributed by atoms with Crippen molar-refractivity contribution in [2.24, 2.45) is 28.9 Å². The van der Waals surface area contributed by atoms with Crippen LogP contribution < -0.4 is 97.4 Å². The summed E-state index contributed by atoms with van der Waals surface area (Å²) in [6, 6.07) is 14.0. The number of aromatic nitrogens is 3. The molecule has 1 fully saturated rings. The van der Waals surface area contributed by atoms with E-state index in [2.05, 4.69) is 89.4 Å². The summed E-state index contributed by atoms with van der Waals surface area (Å²) in [4.78, 5) is 199. The quantitative estimate of drug-likeness (QED) is 0.00866. The number of carbonyl (C=O) groups excluding carboxylic acids is 13. The highest BCUT2D eigenvalue weighted by Gasteiger charge is 2.38. The van der Waals surface area contributed by atoms with Crippen molar-refractivity contribution in [1.29, 1.82) is 10.8 Å². The zero-order chi connectivity index (χ0) is 84.2. The molecule has 0 saturated carbocycles. The lowest BCUT2D eigenvalue weighted by Gasteiger charge is -2.28. The maximum absolute atomic E-state index is 15.6. The van der Waals surface area contributed by atoms with E-state index in [0.29, 0.717) is 51.7 Å². The minimum absolute atomic E-state index is 0.00314. The highest BCUT2D eigenvalue weighted by Crippen LogP contribution is 2.25.